The van der Waals surface area contributed by atoms with E-state index < -0.39 is 11.8 Å². The number of fused-ring (bicyclic) bond motifs is 1. The Bertz CT molecular complexity index is 1520. The monoisotopic (exact) mass is 451 g/mol. The Kier molecular flexibility index (Phi) is 5.39. The summed E-state index contributed by atoms with van der Waals surface area (Å²) in [5.74, 6) is -0.0387. The van der Waals surface area contributed by atoms with E-state index in [0.717, 1.165) is 22.0 Å². The number of nitrogens with one attached hydrogen (secondary N) is 2. The molecule has 0 bridgehead atoms. The number of benzene rings is 3. The SMILES string of the molecule is Cc1ccccc1-c1nnc(-c2ccc(C(=O)NNC(=O)c3cn(C)c4ccccc34)cc2)o1. The first-order chi connectivity index (χ1) is 16.5. The summed E-state index contributed by atoms with van der Waals surface area (Å²) >= 11 is 0. The van der Waals surface area contributed by atoms with Crippen molar-refractivity contribution < 1.29 is 14.0 Å². The highest BCUT2D eigenvalue weighted by molar-refractivity contribution is 6.08. The third kappa shape index (κ3) is 3.93. The van der Waals surface area contributed by atoms with Gasteiger partial charge in [-0.15, -0.1) is 10.2 Å². The smallest absolute Gasteiger partial charge is 0.271 e. The molecule has 0 aliphatic carbocycles. The minimum atomic E-state index is -0.439. The maximum atomic E-state index is 12.6. The molecule has 0 radical (unpaired) electrons. The normalized spacial score (nSPS) is 10.9. The third-order valence-electron chi connectivity index (χ3n) is 5.63. The van der Waals surface area contributed by atoms with E-state index in [-0.39, 0.29) is 0 Å². The number of rotatable bonds is 4. The molecule has 0 aliphatic rings. The van der Waals surface area contributed by atoms with Crippen LogP contribution in [0.25, 0.3) is 33.8 Å². The van der Waals surface area contributed by atoms with Gasteiger partial charge in [-0.2, -0.15) is 0 Å². The van der Waals surface area contributed by atoms with E-state index in [0.29, 0.717) is 28.5 Å². The van der Waals surface area contributed by atoms with E-state index in [1.54, 1.807) is 30.5 Å². The van der Waals surface area contributed by atoms with Crippen LogP contribution in [0.3, 0.4) is 0 Å². The molecule has 2 N–H and O–H groups in total. The van der Waals surface area contributed by atoms with Crippen molar-refractivity contribution in [3.8, 4) is 22.9 Å². The number of carbonyl (C=O) groups is 2. The number of aromatic nitrogens is 3. The Morgan fingerprint density at radius 1 is 0.824 bits per heavy atom. The second-order valence-corrected chi connectivity index (χ2v) is 7.88. The lowest BCUT2D eigenvalue weighted by Gasteiger charge is -2.07. The summed E-state index contributed by atoms with van der Waals surface area (Å²) < 4.78 is 7.69. The number of hydrazine groups is 1. The van der Waals surface area contributed by atoms with Gasteiger partial charge in [-0.05, 0) is 48.9 Å². The van der Waals surface area contributed by atoms with Crippen molar-refractivity contribution in [3.05, 3.63) is 95.7 Å². The lowest BCUT2D eigenvalue weighted by Crippen LogP contribution is -2.41. The van der Waals surface area contributed by atoms with Crippen LogP contribution < -0.4 is 10.9 Å². The van der Waals surface area contributed by atoms with Gasteiger partial charge in [-0.1, -0.05) is 36.4 Å². The van der Waals surface area contributed by atoms with E-state index in [4.69, 9.17) is 4.42 Å². The number of nitrogens with zero attached hydrogens (tertiary/aromatic N) is 3. The van der Waals surface area contributed by atoms with E-state index in [1.165, 1.54) is 0 Å². The van der Waals surface area contributed by atoms with Crippen molar-refractivity contribution in [2.45, 2.75) is 6.92 Å². The molecule has 8 nitrogen and oxygen atoms in total. The summed E-state index contributed by atoms with van der Waals surface area (Å²) in [7, 11) is 1.87. The van der Waals surface area contributed by atoms with Crippen molar-refractivity contribution in [2.75, 3.05) is 0 Å². The molecule has 8 heteroatoms. The average molecular weight is 451 g/mol. The predicted molar refractivity (Wildman–Crippen MR) is 128 cm³/mol. The molecular weight excluding hydrogens is 430 g/mol. The molecule has 0 saturated carbocycles. The van der Waals surface area contributed by atoms with Crippen LogP contribution in [0.5, 0.6) is 0 Å². The zero-order valence-corrected chi connectivity index (χ0v) is 18.6. The number of hydrogen-bond donors (Lipinski definition) is 2. The fraction of sp³-hybridized carbons (Fsp3) is 0.0769. The lowest BCUT2D eigenvalue weighted by atomic mass is 10.1. The van der Waals surface area contributed by atoms with Crippen LogP contribution in [0.15, 0.2) is 83.4 Å². The molecule has 3 aromatic carbocycles. The van der Waals surface area contributed by atoms with Crippen LogP contribution in [-0.4, -0.2) is 26.6 Å². The molecule has 0 saturated heterocycles. The standard InChI is InChI=1S/C26H21N5O3/c1-16-7-3-4-8-19(16)26-30-29-25(34-26)18-13-11-17(12-14-18)23(32)27-28-24(33)21-15-31(2)22-10-6-5-9-20(21)22/h3-15H,1-2H3,(H,27,32)(H,28,33). The van der Waals surface area contributed by atoms with Gasteiger partial charge in [-0.3, -0.25) is 20.4 Å². The molecule has 168 valence electrons. The lowest BCUT2D eigenvalue weighted by molar-refractivity contribution is 0.0847. The van der Waals surface area contributed by atoms with Crippen LogP contribution in [0.2, 0.25) is 0 Å². The summed E-state index contributed by atoms with van der Waals surface area (Å²) in [5, 5.41) is 9.07. The zero-order chi connectivity index (χ0) is 23.7. The molecule has 5 aromatic rings. The van der Waals surface area contributed by atoms with Gasteiger partial charge in [0.15, 0.2) is 0 Å². The molecule has 0 spiro atoms. The van der Waals surface area contributed by atoms with Crippen LogP contribution in [0.1, 0.15) is 26.3 Å². The largest absolute Gasteiger partial charge is 0.416 e. The Morgan fingerprint density at radius 2 is 1.50 bits per heavy atom. The topological polar surface area (TPSA) is 102 Å². The van der Waals surface area contributed by atoms with E-state index >= 15 is 0 Å². The fourth-order valence-corrected chi connectivity index (χ4v) is 3.80. The quantitative estimate of drug-likeness (QED) is 0.397. The van der Waals surface area contributed by atoms with Crippen molar-refractivity contribution >= 4 is 22.7 Å². The molecule has 2 heterocycles. The van der Waals surface area contributed by atoms with Gasteiger partial charge in [0.05, 0.1) is 5.56 Å². The van der Waals surface area contributed by atoms with E-state index in [1.807, 2.05) is 67.1 Å². The number of hydrogen-bond acceptors (Lipinski definition) is 5. The van der Waals surface area contributed by atoms with Crippen LogP contribution >= 0.6 is 0 Å². The molecule has 5 rings (SSSR count). The molecule has 34 heavy (non-hydrogen) atoms. The Labute approximate surface area is 195 Å². The highest BCUT2D eigenvalue weighted by Crippen LogP contribution is 2.26. The van der Waals surface area contributed by atoms with Gasteiger partial charge in [0.25, 0.3) is 11.8 Å². The molecule has 0 unspecified atom stereocenters. The van der Waals surface area contributed by atoms with Crippen molar-refractivity contribution in [1.82, 2.24) is 25.6 Å². The Morgan fingerprint density at radius 3 is 2.29 bits per heavy atom. The first-order valence-corrected chi connectivity index (χ1v) is 10.7. The summed E-state index contributed by atoms with van der Waals surface area (Å²) in [6.45, 7) is 1.98. The highest BCUT2D eigenvalue weighted by Gasteiger charge is 2.16. The van der Waals surface area contributed by atoms with Gasteiger partial charge in [0, 0.05) is 40.8 Å². The van der Waals surface area contributed by atoms with Gasteiger partial charge in [-0.25, -0.2) is 0 Å². The van der Waals surface area contributed by atoms with Crippen molar-refractivity contribution in [1.29, 1.82) is 0 Å². The maximum Gasteiger partial charge on any atom is 0.271 e. The summed E-state index contributed by atoms with van der Waals surface area (Å²) in [5.41, 5.74) is 9.33. The number of amides is 2. The number of para-hydroxylation sites is 1. The van der Waals surface area contributed by atoms with Gasteiger partial charge >= 0.3 is 0 Å². The van der Waals surface area contributed by atoms with Gasteiger partial charge in [0.1, 0.15) is 0 Å². The minimum absolute atomic E-state index is 0.356. The van der Waals surface area contributed by atoms with Crippen LogP contribution in [0, 0.1) is 6.92 Å². The maximum absolute atomic E-state index is 12.6. The van der Waals surface area contributed by atoms with Crippen LogP contribution in [0.4, 0.5) is 0 Å². The second-order valence-electron chi connectivity index (χ2n) is 7.88. The van der Waals surface area contributed by atoms with Crippen LogP contribution in [-0.2, 0) is 7.05 Å². The molecule has 0 atom stereocenters. The zero-order valence-electron chi connectivity index (χ0n) is 18.6. The highest BCUT2D eigenvalue weighted by atomic mass is 16.4. The van der Waals surface area contributed by atoms with E-state index in [9.17, 15) is 9.59 Å². The average Bonchev–Trinajstić information content (AvgIpc) is 3.48. The summed E-state index contributed by atoms with van der Waals surface area (Å²) in [6.07, 6.45) is 1.73. The first-order valence-electron chi connectivity index (χ1n) is 10.7. The third-order valence-corrected chi connectivity index (χ3v) is 5.63. The predicted octanol–water partition coefficient (Wildman–Crippen LogP) is 4.28. The number of aryl methyl sites for hydroxylation is 2. The molecule has 2 amide bonds. The Balaban J connectivity index is 1.26. The van der Waals surface area contributed by atoms with E-state index in [2.05, 4.69) is 21.0 Å². The van der Waals surface area contributed by atoms with Crippen molar-refractivity contribution in [3.63, 3.8) is 0 Å². The van der Waals surface area contributed by atoms with Gasteiger partial charge < -0.3 is 8.98 Å². The molecule has 0 aliphatic heterocycles. The van der Waals surface area contributed by atoms with Crippen molar-refractivity contribution in [2.24, 2.45) is 7.05 Å². The molecular formula is C26H21N5O3. The first kappa shape index (κ1) is 21.1. The molecule has 2 aromatic heterocycles. The second kappa shape index (κ2) is 8.67. The summed E-state index contributed by atoms with van der Waals surface area (Å²) in [4.78, 5) is 25.2. The molecule has 0 fully saturated rings. The number of carbonyl (C=O) groups excluding carboxylic acids is 2. The summed E-state index contributed by atoms with van der Waals surface area (Å²) in [6, 6.07) is 22.0. The minimum Gasteiger partial charge on any atom is -0.416 e. The fourth-order valence-electron chi connectivity index (χ4n) is 3.80. The van der Waals surface area contributed by atoms with Gasteiger partial charge in [0.2, 0.25) is 11.8 Å². The Hall–Kier alpha value is -4.72.